The van der Waals surface area contributed by atoms with Crippen LogP contribution in [0.25, 0.3) is 0 Å². The molecule has 1 aromatic rings. The van der Waals surface area contributed by atoms with Crippen molar-refractivity contribution < 1.29 is 9.90 Å². The van der Waals surface area contributed by atoms with Gasteiger partial charge >= 0.3 is 6.03 Å². The molecule has 0 spiro atoms. The van der Waals surface area contributed by atoms with Crippen LogP contribution in [0.5, 0.6) is 0 Å². The van der Waals surface area contributed by atoms with Crippen LogP contribution in [0.2, 0.25) is 5.15 Å². The molecule has 1 fully saturated rings. The fourth-order valence-corrected chi connectivity index (χ4v) is 2.74. The van der Waals surface area contributed by atoms with Crippen molar-refractivity contribution in [2.45, 2.75) is 45.3 Å². The molecule has 2 atom stereocenters. The van der Waals surface area contributed by atoms with Gasteiger partial charge in [-0.15, -0.1) is 0 Å². The number of aliphatic hydroxyl groups excluding tert-OH is 1. The zero-order chi connectivity index (χ0) is 15.3. The minimum absolute atomic E-state index is 0.220. The number of rotatable bonds is 4. The molecule has 0 radical (unpaired) electrons. The standard InChI is InChI=1S/C14H21ClN4O2/c1-14(5-3-2-4-11(14)20)9-19-13(21)18-8-10-12(15)17-7-6-16-10/h6-7,11,20H,2-5,8-9H2,1H3,(H2,18,19,21). The molecule has 0 aromatic carbocycles. The maximum absolute atomic E-state index is 11.8. The molecule has 2 amide bonds. The van der Waals surface area contributed by atoms with Crippen molar-refractivity contribution in [2.75, 3.05) is 6.54 Å². The minimum atomic E-state index is -0.360. The Hall–Kier alpha value is -1.40. The zero-order valence-corrected chi connectivity index (χ0v) is 12.9. The van der Waals surface area contributed by atoms with E-state index in [2.05, 4.69) is 20.6 Å². The van der Waals surface area contributed by atoms with E-state index >= 15 is 0 Å². The number of amides is 2. The first-order chi connectivity index (χ1) is 10.0. The highest BCUT2D eigenvalue weighted by Gasteiger charge is 2.35. The number of hydrogen-bond acceptors (Lipinski definition) is 4. The third-order valence-corrected chi connectivity index (χ3v) is 4.39. The van der Waals surface area contributed by atoms with Gasteiger partial charge in [0.2, 0.25) is 0 Å². The summed E-state index contributed by atoms with van der Waals surface area (Å²) in [5.41, 5.74) is 0.276. The molecule has 116 valence electrons. The van der Waals surface area contributed by atoms with Crippen molar-refractivity contribution in [2.24, 2.45) is 5.41 Å². The van der Waals surface area contributed by atoms with Crippen molar-refractivity contribution in [3.63, 3.8) is 0 Å². The lowest BCUT2D eigenvalue weighted by atomic mass is 9.73. The van der Waals surface area contributed by atoms with Gasteiger partial charge in [0.15, 0.2) is 5.15 Å². The van der Waals surface area contributed by atoms with Gasteiger partial charge in [0.05, 0.1) is 18.3 Å². The first-order valence-corrected chi connectivity index (χ1v) is 7.54. The molecule has 0 aliphatic heterocycles. The highest BCUT2D eigenvalue weighted by atomic mass is 35.5. The molecule has 3 N–H and O–H groups in total. The van der Waals surface area contributed by atoms with E-state index in [4.69, 9.17) is 11.6 Å². The molecular formula is C14H21ClN4O2. The van der Waals surface area contributed by atoms with Crippen LogP contribution in [0.4, 0.5) is 4.79 Å². The molecule has 2 unspecified atom stereocenters. The van der Waals surface area contributed by atoms with Gasteiger partial charge in [-0.2, -0.15) is 0 Å². The summed E-state index contributed by atoms with van der Waals surface area (Å²) in [6.07, 6.45) is 6.53. The van der Waals surface area contributed by atoms with E-state index in [1.165, 1.54) is 12.4 Å². The van der Waals surface area contributed by atoms with Crippen LogP contribution < -0.4 is 10.6 Å². The highest BCUT2D eigenvalue weighted by Crippen LogP contribution is 2.35. The van der Waals surface area contributed by atoms with E-state index in [-0.39, 0.29) is 29.2 Å². The van der Waals surface area contributed by atoms with Gasteiger partial charge in [-0.25, -0.2) is 9.78 Å². The van der Waals surface area contributed by atoms with Gasteiger partial charge in [-0.3, -0.25) is 4.98 Å². The van der Waals surface area contributed by atoms with Gasteiger partial charge in [0.1, 0.15) is 0 Å². The van der Waals surface area contributed by atoms with E-state index in [9.17, 15) is 9.90 Å². The highest BCUT2D eigenvalue weighted by molar-refractivity contribution is 6.29. The summed E-state index contributed by atoms with van der Waals surface area (Å²) in [6.45, 7) is 2.68. The van der Waals surface area contributed by atoms with Crippen molar-refractivity contribution in [3.05, 3.63) is 23.2 Å². The first kappa shape index (κ1) is 16.0. The van der Waals surface area contributed by atoms with E-state index in [0.29, 0.717) is 12.2 Å². The van der Waals surface area contributed by atoms with Crippen molar-refractivity contribution >= 4 is 17.6 Å². The van der Waals surface area contributed by atoms with Crippen LogP contribution in [-0.2, 0) is 6.54 Å². The smallest absolute Gasteiger partial charge is 0.315 e. The van der Waals surface area contributed by atoms with Gasteiger partial charge in [-0.1, -0.05) is 31.4 Å². The average molecular weight is 313 g/mol. The molecule has 0 saturated heterocycles. The molecule has 1 aromatic heterocycles. The Morgan fingerprint density at radius 3 is 2.90 bits per heavy atom. The number of nitrogens with one attached hydrogen (secondary N) is 2. The fourth-order valence-electron chi connectivity index (χ4n) is 2.56. The Morgan fingerprint density at radius 2 is 2.19 bits per heavy atom. The van der Waals surface area contributed by atoms with Crippen molar-refractivity contribution in [3.8, 4) is 0 Å². The predicted molar refractivity (Wildman–Crippen MR) is 79.9 cm³/mol. The third-order valence-electron chi connectivity index (χ3n) is 4.07. The molecule has 1 saturated carbocycles. The second kappa shape index (κ2) is 7.04. The maximum Gasteiger partial charge on any atom is 0.315 e. The van der Waals surface area contributed by atoms with Crippen LogP contribution in [0.3, 0.4) is 0 Å². The summed E-state index contributed by atoms with van der Waals surface area (Å²) in [5.74, 6) is 0. The molecule has 1 heterocycles. The Kier molecular flexibility index (Phi) is 5.36. The first-order valence-electron chi connectivity index (χ1n) is 7.16. The molecular weight excluding hydrogens is 292 g/mol. The lowest BCUT2D eigenvalue weighted by Gasteiger charge is -2.38. The fraction of sp³-hybridized carbons (Fsp3) is 0.643. The summed E-state index contributed by atoms with van der Waals surface area (Å²) in [7, 11) is 0. The summed E-state index contributed by atoms with van der Waals surface area (Å²) < 4.78 is 0. The maximum atomic E-state index is 11.8. The van der Waals surface area contributed by atoms with Crippen LogP contribution in [0.15, 0.2) is 12.4 Å². The third kappa shape index (κ3) is 4.28. The number of carbonyl (C=O) groups excluding carboxylic acids is 1. The van der Waals surface area contributed by atoms with Crippen molar-refractivity contribution in [1.82, 2.24) is 20.6 Å². The Morgan fingerprint density at radius 1 is 1.43 bits per heavy atom. The van der Waals surface area contributed by atoms with E-state index in [1.807, 2.05) is 6.92 Å². The molecule has 7 heteroatoms. The predicted octanol–water partition coefficient (Wildman–Crippen LogP) is 1.87. The largest absolute Gasteiger partial charge is 0.392 e. The Balaban J connectivity index is 1.78. The van der Waals surface area contributed by atoms with Crippen LogP contribution in [-0.4, -0.2) is 33.8 Å². The summed E-state index contributed by atoms with van der Waals surface area (Å²) >= 11 is 5.87. The van der Waals surface area contributed by atoms with Crippen LogP contribution in [0, 0.1) is 5.41 Å². The summed E-state index contributed by atoms with van der Waals surface area (Å²) in [6, 6.07) is -0.296. The second-order valence-electron chi connectivity index (χ2n) is 5.75. The number of urea groups is 1. The Labute approximate surface area is 129 Å². The zero-order valence-electron chi connectivity index (χ0n) is 12.1. The second-order valence-corrected chi connectivity index (χ2v) is 6.10. The SMILES string of the molecule is CC1(CNC(=O)NCc2nccnc2Cl)CCCCC1O. The van der Waals surface area contributed by atoms with Crippen molar-refractivity contribution in [1.29, 1.82) is 0 Å². The van der Waals surface area contributed by atoms with Gasteiger partial charge < -0.3 is 15.7 Å². The normalized spacial score (nSPS) is 25.4. The Bertz CT molecular complexity index is 500. The monoisotopic (exact) mass is 312 g/mol. The van der Waals surface area contributed by atoms with Gasteiger partial charge in [-0.05, 0) is 12.8 Å². The molecule has 1 aliphatic rings. The molecule has 21 heavy (non-hydrogen) atoms. The van der Waals surface area contributed by atoms with Crippen LogP contribution in [0.1, 0.15) is 38.3 Å². The number of aromatic nitrogens is 2. The van der Waals surface area contributed by atoms with Gasteiger partial charge in [0.25, 0.3) is 0 Å². The van der Waals surface area contributed by atoms with E-state index < -0.39 is 0 Å². The topological polar surface area (TPSA) is 87.1 Å². The lowest BCUT2D eigenvalue weighted by Crippen LogP contribution is -2.47. The number of halogens is 1. The molecule has 0 bridgehead atoms. The summed E-state index contributed by atoms with van der Waals surface area (Å²) in [5, 5.41) is 15.9. The van der Waals surface area contributed by atoms with E-state index in [0.717, 1.165) is 25.7 Å². The quantitative estimate of drug-likeness (QED) is 0.792. The number of hydrogen-bond donors (Lipinski definition) is 3. The minimum Gasteiger partial charge on any atom is -0.392 e. The molecule has 6 nitrogen and oxygen atoms in total. The average Bonchev–Trinajstić information content (AvgIpc) is 2.48. The number of aliphatic hydroxyl groups is 1. The molecule has 1 aliphatic carbocycles. The van der Waals surface area contributed by atoms with Gasteiger partial charge in [0, 0.05) is 24.4 Å². The van der Waals surface area contributed by atoms with E-state index in [1.54, 1.807) is 0 Å². The number of nitrogens with zero attached hydrogens (tertiary/aromatic N) is 2. The number of carbonyl (C=O) groups is 1. The lowest BCUT2D eigenvalue weighted by molar-refractivity contribution is 0.00308. The summed E-state index contributed by atoms with van der Waals surface area (Å²) in [4.78, 5) is 19.8. The van der Waals surface area contributed by atoms with Crippen LogP contribution >= 0.6 is 11.6 Å². The molecule has 2 rings (SSSR count).